The monoisotopic (exact) mass is 724 g/mol. The molecule has 2 aromatic heterocycles. The number of nitrogens with zero attached hydrogens (tertiary/aromatic N) is 7. The summed E-state index contributed by atoms with van der Waals surface area (Å²) in [5.74, 6) is 1.45. The average molecular weight is 726 g/mol. The molecule has 0 aliphatic carbocycles. The lowest BCUT2D eigenvalue weighted by Gasteiger charge is -2.43. The van der Waals surface area contributed by atoms with Crippen molar-refractivity contribution < 1.29 is 13.2 Å². The van der Waals surface area contributed by atoms with Crippen LogP contribution < -0.4 is 25.0 Å². The van der Waals surface area contributed by atoms with Crippen LogP contribution in [0.2, 0.25) is 0 Å². The zero-order valence-corrected chi connectivity index (χ0v) is 29.5. The second kappa shape index (κ2) is 14.1. The van der Waals surface area contributed by atoms with E-state index in [2.05, 4.69) is 75.2 Å². The Morgan fingerprint density at radius 1 is 0.936 bits per heavy atom. The van der Waals surface area contributed by atoms with Crippen molar-refractivity contribution in [2.24, 2.45) is 7.05 Å². The average Bonchev–Trinajstić information content (AvgIpc) is 3.49. The van der Waals surface area contributed by atoms with Gasteiger partial charge in [0, 0.05) is 87.6 Å². The number of sulfonamides is 1. The highest BCUT2D eigenvalue weighted by atomic mass is 79.9. The third-order valence-corrected chi connectivity index (χ3v) is 9.83. The van der Waals surface area contributed by atoms with Crippen LogP contribution in [0, 0.1) is 0 Å². The number of piperidine rings is 1. The van der Waals surface area contributed by atoms with Crippen molar-refractivity contribution in [1.29, 1.82) is 0 Å². The Balaban J connectivity index is 1.27. The Kier molecular flexibility index (Phi) is 9.87. The van der Waals surface area contributed by atoms with Gasteiger partial charge in [-0.1, -0.05) is 12.1 Å². The summed E-state index contributed by atoms with van der Waals surface area (Å²) >= 11 is 3.52. The van der Waals surface area contributed by atoms with Gasteiger partial charge in [-0.25, -0.2) is 13.4 Å². The molecular weight excluding hydrogens is 684 g/mol. The molecule has 0 bridgehead atoms. The minimum Gasteiger partial charge on any atom is -0.494 e. The lowest BCUT2D eigenvalue weighted by molar-refractivity contribution is 0.0982. The largest absolute Gasteiger partial charge is 0.494 e. The number of benzene rings is 2. The van der Waals surface area contributed by atoms with Gasteiger partial charge in [-0.15, -0.1) is 0 Å². The molecule has 0 spiro atoms. The van der Waals surface area contributed by atoms with Gasteiger partial charge in [-0.05, 0) is 54.0 Å². The van der Waals surface area contributed by atoms with E-state index in [0.717, 1.165) is 75.2 Å². The number of anilines is 6. The summed E-state index contributed by atoms with van der Waals surface area (Å²) in [6.07, 6.45) is 8.88. The molecule has 0 amide bonds. The van der Waals surface area contributed by atoms with Gasteiger partial charge in [0.2, 0.25) is 16.0 Å². The topological polar surface area (TPSA) is 133 Å². The summed E-state index contributed by atoms with van der Waals surface area (Å²) in [7, 11) is 2.30. The Morgan fingerprint density at radius 2 is 1.66 bits per heavy atom. The van der Waals surface area contributed by atoms with Gasteiger partial charge in [0.15, 0.2) is 0 Å². The van der Waals surface area contributed by atoms with Crippen LogP contribution in [-0.4, -0.2) is 104 Å². The number of hydrogen-bond acceptors (Lipinski definition) is 11. The van der Waals surface area contributed by atoms with Crippen molar-refractivity contribution in [2.45, 2.75) is 18.9 Å². The summed E-state index contributed by atoms with van der Waals surface area (Å²) in [6, 6.07) is 11.8. The van der Waals surface area contributed by atoms with Crippen molar-refractivity contribution in [3.8, 4) is 16.9 Å². The Morgan fingerprint density at radius 3 is 2.32 bits per heavy atom. The molecule has 4 aromatic rings. The maximum absolute atomic E-state index is 11.9. The van der Waals surface area contributed by atoms with E-state index in [1.165, 1.54) is 0 Å². The molecule has 250 valence electrons. The molecule has 47 heavy (non-hydrogen) atoms. The van der Waals surface area contributed by atoms with E-state index < -0.39 is 10.0 Å². The zero-order valence-electron chi connectivity index (χ0n) is 27.1. The SMILES string of the molecule is COc1cc(N2CCC(N3CCN(C)CC3)CC2)c(-c2cnn(C)c2)cc1Nc1ncc(Br)c(Nc2ccccc2NS(C)(=O)=O)n1. The lowest BCUT2D eigenvalue weighted by Crippen LogP contribution is -2.52. The third-order valence-electron chi connectivity index (χ3n) is 8.66. The van der Waals surface area contributed by atoms with Crippen molar-refractivity contribution in [3.05, 3.63) is 59.5 Å². The maximum Gasteiger partial charge on any atom is 0.229 e. The van der Waals surface area contributed by atoms with Gasteiger partial charge in [0.05, 0.1) is 41.1 Å². The summed E-state index contributed by atoms with van der Waals surface area (Å²) in [6.45, 7) is 6.45. The van der Waals surface area contributed by atoms with Crippen LogP contribution in [-0.2, 0) is 17.1 Å². The number of aryl methyl sites for hydroxylation is 1. The number of halogens is 1. The zero-order chi connectivity index (χ0) is 33.1. The molecule has 2 saturated heterocycles. The quantitative estimate of drug-likeness (QED) is 0.210. The summed E-state index contributed by atoms with van der Waals surface area (Å²) < 4.78 is 34.7. The predicted octanol–water partition coefficient (Wildman–Crippen LogP) is 4.72. The van der Waals surface area contributed by atoms with E-state index >= 15 is 0 Å². The molecule has 2 fully saturated rings. The van der Waals surface area contributed by atoms with Crippen molar-refractivity contribution in [2.75, 3.05) is 79.9 Å². The first-order valence-corrected chi connectivity index (χ1v) is 18.3. The molecule has 2 aromatic carbocycles. The van der Waals surface area contributed by atoms with Crippen LogP contribution in [0.4, 0.5) is 34.5 Å². The van der Waals surface area contributed by atoms with Gasteiger partial charge in [-0.3, -0.25) is 14.3 Å². The van der Waals surface area contributed by atoms with Crippen LogP contribution in [0.15, 0.2) is 59.5 Å². The third kappa shape index (κ3) is 7.97. The van der Waals surface area contributed by atoms with Gasteiger partial charge in [0.25, 0.3) is 0 Å². The summed E-state index contributed by atoms with van der Waals surface area (Å²) in [5.41, 5.74) is 4.79. The molecule has 0 unspecified atom stereocenters. The normalized spacial score (nSPS) is 16.7. The molecule has 6 rings (SSSR count). The standard InChI is InChI=1S/C32H41BrN10O3S/c1-40-13-15-42(16-14-40)23-9-11-43(12-10-23)29-18-30(46-3)28(17-24(29)22-19-35-41(2)21-22)37-32-34-20-25(33)31(38-32)36-26-7-5-6-8-27(26)39-47(4,44)45/h5-8,17-21,23,39H,9-16H2,1-4H3,(H2,34,36,37,38). The van der Waals surface area contributed by atoms with Crippen LogP contribution in [0.3, 0.4) is 0 Å². The second-order valence-corrected chi connectivity index (χ2v) is 14.7. The number of piperazine rings is 1. The number of methoxy groups -OCH3 is 1. The lowest BCUT2D eigenvalue weighted by atomic mass is 9.98. The van der Waals surface area contributed by atoms with E-state index in [1.807, 2.05) is 30.2 Å². The number of para-hydroxylation sites is 2. The van der Waals surface area contributed by atoms with Crippen molar-refractivity contribution >= 4 is 60.5 Å². The second-order valence-electron chi connectivity index (χ2n) is 12.1. The minimum absolute atomic E-state index is 0.334. The molecule has 13 nitrogen and oxygen atoms in total. The van der Waals surface area contributed by atoms with E-state index in [1.54, 1.807) is 31.5 Å². The van der Waals surface area contributed by atoms with E-state index in [9.17, 15) is 8.42 Å². The molecule has 0 radical (unpaired) electrons. The fraction of sp³-hybridized carbons (Fsp3) is 0.406. The molecule has 3 N–H and O–H groups in total. The number of hydrogen-bond donors (Lipinski definition) is 3. The van der Waals surface area contributed by atoms with Crippen LogP contribution in [0.25, 0.3) is 11.1 Å². The number of rotatable bonds is 10. The van der Waals surface area contributed by atoms with Gasteiger partial charge < -0.3 is 25.2 Å². The highest BCUT2D eigenvalue weighted by Gasteiger charge is 2.28. The molecule has 2 aliphatic heterocycles. The van der Waals surface area contributed by atoms with E-state index in [4.69, 9.17) is 9.72 Å². The fourth-order valence-corrected chi connectivity index (χ4v) is 7.06. The first kappa shape index (κ1) is 33.0. The summed E-state index contributed by atoms with van der Waals surface area (Å²) in [4.78, 5) is 16.7. The molecule has 0 atom stereocenters. The molecule has 2 aliphatic rings. The van der Waals surface area contributed by atoms with Gasteiger partial charge in [0.1, 0.15) is 11.6 Å². The maximum atomic E-state index is 11.9. The minimum atomic E-state index is -3.48. The molecular formula is C32H41BrN10O3S. The number of nitrogens with one attached hydrogen (secondary N) is 3. The fourth-order valence-electron chi connectivity index (χ4n) is 6.19. The Hall–Kier alpha value is -3.92. The van der Waals surface area contributed by atoms with Crippen LogP contribution in [0.1, 0.15) is 12.8 Å². The molecule has 0 saturated carbocycles. The molecule has 15 heteroatoms. The highest BCUT2D eigenvalue weighted by molar-refractivity contribution is 9.10. The Bertz CT molecular complexity index is 1820. The number of aromatic nitrogens is 4. The highest BCUT2D eigenvalue weighted by Crippen LogP contribution is 2.41. The van der Waals surface area contributed by atoms with Crippen LogP contribution >= 0.6 is 15.9 Å². The van der Waals surface area contributed by atoms with Gasteiger partial charge >= 0.3 is 0 Å². The van der Waals surface area contributed by atoms with E-state index in [-0.39, 0.29) is 0 Å². The van der Waals surface area contributed by atoms with Gasteiger partial charge in [-0.2, -0.15) is 10.1 Å². The predicted molar refractivity (Wildman–Crippen MR) is 191 cm³/mol. The van der Waals surface area contributed by atoms with Crippen molar-refractivity contribution in [3.63, 3.8) is 0 Å². The van der Waals surface area contributed by atoms with Crippen LogP contribution in [0.5, 0.6) is 5.75 Å². The van der Waals surface area contributed by atoms with Crippen molar-refractivity contribution in [1.82, 2.24) is 29.5 Å². The van der Waals surface area contributed by atoms with E-state index in [0.29, 0.717) is 45.1 Å². The first-order valence-electron chi connectivity index (χ1n) is 15.6. The number of likely N-dealkylation sites (N-methyl/N-ethyl adjacent to an activating group) is 1. The number of ether oxygens (including phenoxy) is 1. The Labute approximate surface area is 284 Å². The summed E-state index contributed by atoms with van der Waals surface area (Å²) in [5, 5.41) is 11.0. The smallest absolute Gasteiger partial charge is 0.229 e. The first-order chi connectivity index (χ1) is 22.6. The molecule has 4 heterocycles.